The van der Waals surface area contributed by atoms with Crippen molar-refractivity contribution in [2.75, 3.05) is 12.8 Å². The maximum Gasteiger partial charge on any atom is 0.416 e. The molecule has 2 aromatic carbocycles. The van der Waals surface area contributed by atoms with Gasteiger partial charge in [-0.05, 0) is 30.3 Å². The number of benzene rings is 2. The Morgan fingerprint density at radius 3 is 2.57 bits per heavy atom. The zero-order chi connectivity index (χ0) is 20.5. The number of nitrogens with two attached hydrogens (primary N) is 1. The molecule has 0 fully saturated rings. The molecule has 1 aliphatic rings. The molecule has 28 heavy (non-hydrogen) atoms. The van der Waals surface area contributed by atoms with Gasteiger partial charge in [-0.15, -0.1) is 5.10 Å². The van der Waals surface area contributed by atoms with E-state index in [-0.39, 0.29) is 12.4 Å². The van der Waals surface area contributed by atoms with Crippen molar-refractivity contribution in [3.05, 3.63) is 58.1 Å². The van der Waals surface area contributed by atoms with Crippen molar-refractivity contribution in [3.8, 4) is 5.75 Å². The number of aldehydes is 1. The molecule has 0 aliphatic carbocycles. The predicted octanol–water partition coefficient (Wildman–Crippen LogP) is 3.67. The summed E-state index contributed by atoms with van der Waals surface area (Å²) in [6, 6.07) is 7.43. The van der Waals surface area contributed by atoms with Gasteiger partial charge < -0.3 is 15.2 Å². The normalized spacial score (nSPS) is 16.5. The minimum absolute atomic E-state index is 0.0336. The molecule has 10 heteroatoms. The molecule has 0 spiro atoms. The number of ether oxygens (including phenoxy) is 2. The highest BCUT2D eigenvalue weighted by Crippen LogP contribution is 2.32. The van der Waals surface area contributed by atoms with Crippen LogP contribution in [-0.4, -0.2) is 30.5 Å². The lowest BCUT2D eigenvalue weighted by Crippen LogP contribution is -2.29. The van der Waals surface area contributed by atoms with Crippen LogP contribution in [0.2, 0.25) is 5.02 Å². The highest BCUT2D eigenvalue weighted by molar-refractivity contribution is 6.33. The van der Waals surface area contributed by atoms with Gasteiger partial charge in [-0.25, -0.2) is 5.01 Å². The number of hydrazone groups is 1. The van der Waals surface area contributed by atoms with Crippen LogP contribution in [0.3, 0.4) is 0 Å². The summed E-state index contributed by atoms with van der Waals surface area (Å²) in [5.41, 5.74) is 6.21. The van der Waals surface area contributed by atoms with Gasteiger partial charge >= 0.3 is 6.18 Å². The van der Waals surface area contributed by atoms with Gasteiger partial charge in [0.2, 0.25) is 12.1 Å². The highest BCUT2D eigenvalue weighted by Gasteiger charge is 2.32. The van der Waals surface area contributed by atoms with E-state index < -0.39 is 18.0 Å². The van der Waals surface area contributed by atoms with E-state index in [9.17, 15) is 18.0 Å². The molecule has 148 valence electrons. The van der Waals surface area contributed by atoms with Crippen LogP contribution in [0.25, 0.3) is 0 Å². The summed E-state index contributed by atoms with van der Waals surface area (Å²) in [6.07, 6.45) is -4.95. The predicted molar refractivity (Wildman–Crippen MR) is 96.9 cm³/mol. The van der Waals surface area contributed by atoms with Crippen molar-refractivity contribution < 1.29 is 27.4 Å². The third kappa shape index (κ3) is 3.99. The molecular weight excluding hydrogens is 399 g/mol. The number of carbonyl (C=O) groups excluding carboxylic acids is 1. The largest absolute Gasteiger partial charge is 0.496 e. The fourth-order valence-electron chi connectivity index (χ4n) is 2.62. The topological polar surface area (TPSA) is 77.2 Å². The lowest BCUT2D eigenvalue weighted by molar-refractivity contribution is -0.137. The van der Waals surface area contributed by atoms with E-state index in [1.54, 1.807) is 12.1 Å². The number of hydrogen-bond acceptors (Lipinski definition) is 6. The second-order valence-corrected chi connectivity index (χ2v) is 6.32. The Kier molecular flexibility index (Phi) is 5.37. The Balaban J connectivity index is 1.87. The van der Waals surface area contributed by atoms with Gasteiger partial charge in [0.25, 0.3) is 0 Å². The first-order chi connectivity index (χ1) is 13.2. The Labute approximate surface area is 163 Å². The van der Waals surface area contributed by atoms with E-state index in [0.717, 1.165) is 12.1 Å². The molecule has 0 saturated heterocycles. The Morgan fingerprint density at radius 1 is 1.32 bits per heavy atom. The average Bonchev–Trinajstić information content (AvgIpc) is 3.07. The third-order valence-electron chi connectivity index (χ3n) is 4.05. The molecule has 3 rings (SSSR count). The number of hydrogen-bond donors (Lipinski definition) is 1. The Hall–Kier alpha value is -2.94. The summed E-state index contributed by atoms with van der Waals surface area (Å²) in [6.45, 7) is 0.108. The first kappa shape index (κ1) is 19.8. The van der Waals surface area contributed by atoms with Gasteiger partial charge in [-0.2, -0.15) is 13.2 Å². The molecule has 2 aromatic rings. The lowest BCUT2D eigenvalue weighted by atomic mass is 10.1. The minimum Gasteiger partial charge on any atom is -0.496 e. The molecule has 1 unspecified atom stereocenters. The van der Waals surface area contributed by atoms with Crippen molar-refractivity contribution in [1.29, 1.82) is 0 Å². The van der Waals surface area contributed by atoms with Crippen molar-refractivity contribution in [2.45, 2.75) is 18.9 Å². The van der Waals surface area contributed by atoms with Crippen LogP contribution in [0.15, 0.2) is 41.5 Å². The standard InChI is InChI=1S/C18H15ClF3N3O3/c1-27-15-7-14(23)13(19)6-11(15)8-25-16(9-26)28-17(24-25)10-2-4-12(5-3-10)18(20,21)22/h2-7,9,16H,8,23H2,1H3. The molecule has 1 heterocycles. The second-order valence-electron chi connectivity index (χ2n) is 5.91. The average molecular weight is 414 g/mol. The fourth-order valence-corrected chi connectivity index (χ4v) is 2.81. The zero-order valence-corrected chi connectivity index (χ0v) is 15.3. The molecule has 1 aliphatic heterocycles. The molecular formula is C18H15ClF3N3O3. The Bertz CT molecular complexity index is 917. The number of alkyl halides is 3. The van der Waals surface area contributed by atoms with Crippen LogP contribution in [0, 0.1) is 0 Å². The molecule has 2 N–H and O–H groups in total. The summed E-state index contributed by atoms with van der Waals surface area (Å²) in [5.74, 6) is 0.482. The molecule has 0 radical (unpaired) electrons. The number of carbonyl (C=O) groups is 1. The summed E-state index contributed by atoms with van der Waals surface area (Å²) in [4.78, 5) is 11.4. The number of anilines is 1. The third-order valence-corrected chi connectivity index (χ3v) is 4.38. The van der Waals surface area contributed by atoms with E-state index in [2.05, 4.69) is 5.10 Å². The van der Waals surface area contributed by atoms with Crippen LogP contribution < -0.4 is 10.5 Å². The van der Waals surface area contributed by atoms with Gasteiger partial charge in [0, 0.05) is 17.2 Å². The van der Waals surface area contributed by atoms with Gasteiger partial charge in [0.05, 0.1) is 29.9 Å². The number of nitrogen functional groups attached to an aromatic ring is 1. The minimum atomic E-state index is -4.45. The van der Waals surface area contributed by atoms with Crippen molar-refractivity contribution in [2.24, 2.45) is 5.10 Å². The van der Waals surface area contributed by atoms with Crippen LogP contribution in [0.1, 0.15) is 16.7 Å². The quantitative estimate of drug-likeness (QED) is 0.598. The molecule has 1 atom stereocenters. The maximum atomic E-state index is 12.7. The maximum absolute atomic E-state index is 12.7. The summed E-state index contributed by atoms with van der Waals surface area (Å²) >= 11 is 6.05. The molecule has 6 nitrogen and oxygen atoms in total. The highest BCUT2D eigenvalue weighted by atomic mass is 35.5. The monoisotopic (exact) mass is 413 g/mol. The van der Waals surface area contributed by atoms with E-state index >= 15 is 0 Å². The van der Waals surface area contributed by atoms with Crippen molar-refractivity contribution in [3.63, 3.8) is 0 Å². The van der Waals surface area contributed by atoms with E-state index in [1.807, 2.05) is 0 Å². The van der Waals surface area contributed by atoms with Gasteiger partial charge in [-0.1, -0.05) is 11.6 Å². The van der Waals surface area contributed by atoms with E-state index in [1.165, 1.54) is 24.3 Å². The fraction of sp³-hybridized carbons (Fsp3) is 0.222. The first-order valence-electron chi connectivity index (χ1n) is 7.99. The summed E-state index contributed by atoms with van der Waals surface area (Å²) in [5, 5.41) is 5.86. The van der Waals surface area contributed by atoms with Gasteiger partial charge in [0.15, 0.2) is 6.29 Å². The van der Waals surface area contributed by atoms with Crippen LogP contribution in [-0.2, 0) is 22.3 Å². The van der Waals surface area contributed by atoms with Crippen molar-refractivity contribution in [1.82, 2.24) is 5.01 Å². The Morgan fingerprint density at radius 2 is 2.00 bits per heavy atom. The summed E-state index contributed by atoms with van der Waals surface area (Å²) in [7, 11) is 1.46. The van der Waals surface area contributed by atoms with Gasteiger partial charge in [-0.3, -0.25) is 4.79 Å². The second kappa shape index (κ2) is 7.59. The summed E-state index contributed by atoms with van der Waals surface area (Å²) < 4.78 is 48.8. The number of methoxy groups -OCH3 is 1. The molecule has 0 aromatic heterocycles. The zero-order valence-electron chi connectivity index (χ0n) is 14.5. The van der Waals surface area contributed by atoms with Crippen molar-refractivity contribution >= 4 is 29.5 Å². The number of rotatable bonds is 5. The lowest BCUT2D eigenvalue weighted by Gasteiger charge is -2.19. The van der Waals surface area contributed by atoms with Gasteiger partial charge in [0.1, 0.15) is 5.75 Å². The van der Waals surface area contributed by atoms with Crippen LogP contribution in [0.4, 0.5) is 18.9 Å². The smallest absolute Gasteiger partial charge is 0.416 e. The van der Waals surface area contributed by atoms with Crippen LogP contribution >= 0.6 is 11.6 Å². The van der Waals surface area contributed by atoms with E-state index in [0.29, 0.717) is 33.9 Å². The molecule has 0 bridgehead atoms. The first-order valence-corrected chi connectivity index (χ1v) is 8.37. The molecule has 0 amide bonds. The van der Waals surface area contributed by atoms with Crippen LogP contribution in [0.5, 0.6) is 5.75 Å². The number of nitrogens with zero attached hydrogens (tertiary/aromatic N) is 2. The molecule has 0 saturated carbocycles. The number of halogens is 4. The SMILES string of the molecule is COc1cc(N)c(Cl)cc1CN1N=C(c2ccc(C(F)(F)F)cc2)OC1C=O. The van der Waals surface area contributed by atoms with E-state index in [4.69, 9.17) is 26.8 Å².